The lowest BCUT2D eigenvalue weighted by Crippen LogP contribution is -2.30. The van der Waals surface area contributed by atoms with Gasteiger partial charge in [0.2, 0.25) is 0 Å². The summed E-state index contributed by atoms with van der Waals surface area (Å²) in [5.74, 6) is -1.05. The Hall–Kier alpha value is -5.75. The minimum atomic E-state index is -0.841. The van der Waals surface area contributed by atoms with Gasteiger partial charge in [-0.25, -0.2) is 0 Å². The highest BCUT2D eigenvalue weighted by atomic mass is 16.6. The lowest BCUT2D eigenvalue weighted by Gasteiger charge is -2.18. The van der Waals surface area contributed by atoms with Crippen LogP contribution in [0.15, 0.2) is 194 Å². The van der Waals surface area contributed by atoms with Crippen LogP contribution in [0.1, 0.15) is 245 Å². The number of unbranched alkanes of at least 4 members (excludes halogenated alkanes) is 13. The Labute approximate surface area is 503 Å². The second kappa shape index (κ2) is 67.8. The van der Waals surface area contributed by atoms with Gasteiger partial charge >= 0.3 is 17.9 Å². The summed E-state index contributed by atoms with van der Waals surface area (Å²) in [4.78, 5) is 38.3. The molecule has 456 valence electrons. The molecule has 0 fully saturated rings. The van der Waals surface area contributed by atoms with Crippen molar-refractivity contribution in [2.24, 2.45) is 0 Å². The van der Waals surface area contributed by atoms with E-state index in [1.807, 2.05) is 0 Å². The highest BCUT2D eigenvalue weighted by Crippen LogP contribution is 2.12. The highest BCUT2D eigenvalue weighted by molar-refractivity contribution is 5.71. The molecule has 0 saturated heterocycles. The van der Waals surface area contributed by atoms with Gasteiger partial charge in [-0.3, -0.25) is 14.4 Å². The molecule has 0 heterocycles. The van der Waals surface area contributed by atoms with Crippen LogP contribution in [0.4, 0.5) is 0 Å². The quantitative estimate of drug-likeness (QED) is 0.0261. The van der Waals surface area contributed by atoms with E-state index in [0.717, 1.165) is 148 Å². The molecule has 6 nitrogen and oxygen atoms in total. The maximum Gasteiger partial charge on any atom is 0.306 e. The minimum absolute atomic E-state index is 0.128. The molecule has 0 aromatic heterocycles. The zero-order valence-corrected chi connectivity index (χ0v) is 52.2. The Morgan fingerprint density at radius 2 is 0.488 bits per heavy atom. The zero-order valence-electron chi connectivity index (χ0n) is 52.2. The van der Waals surface area contributed by atoms with Crippen LogP contribution in [-0.2, 0) is 28.6 Å². The molecule has 0 aliphatic rings. The van der Waals surface area contributed by atoms with E-state index in [2.05, 4.69) is 215 Å². The minimum Gasteiger partial charge on any atom is -0.462 e. The van der Waals surface area contributed by atoms with Crippen LogP contribution in [0.25, 0.3) is 0 Å². The molecular formula is C76H116O6. The number of ether oxygens (including phenoxy) is 3. The van der Waals surface area contributed by atoms with Crippen LogP contribution in [-0.4, -0.2) is 37.2 Å². The summed E-state index contributed by atoms with van der Waals surface area (Å²) < 4.78 is 16.8. The Morgan fingerprint density at radius 3 is 0.829 bits per heavy atom. The lowest BCUT2D eigenvalue weighted by molar-refractivity contribution is -0.167. The Kier molecular flexibility index (Phi) is 63.0. The average Bonchev–Trinajstić information content (AvgIpc) is 3.47. The predicted octanol–water partition coefficient (Wildman–Crippen LogP) is 22.6. The fourth-order valence-corrected chi connectivity index (χ4v) is 8.03. The van der Waals surface area contributed by atoms with E-state index in [9.17, 15) is 14.4 Å². The molecule has 0 amide bonds. The van der Waals surface area contributed by atoms with Crippen molar-refractivity contribution in [2.75, 3.05) is 13.2 Å². The van der Waals surface area contributed by atoms with E-state index in [-0.39, 0.29) is 44.0 Å². The molecule has 6 heteroatoms. The first-order valence-electron chi connectivity index (χ1n) is 32.4. The molecule has 82 heavy (non-hydrogen) atoms. The molecule has 0 saturated carbocycles. The van der Waals surface area contributed by atoms with Gasteiger partial charge in [0.25, 0.3) is 0 Å². The van der Waals surface area contributed by atoms with Crippen molar-refractivity contribution in [3.8, 4) is 0 Å². The maximum absolute atomic E-state index is 12.9. The third-order valence-electron chi connectivity index (χ3n) is 12.8. The third-order valence-corrected chi connectivity index (χ3v) is 12.8. The molecule has 0 spiro atoms. The first kappa shape index (κ1) is 76.2. The number of carbonyl (C=O) groups excluding carboxylic acids is 3. The second-order valence-corrected chi connectivity index (χ2v) is 20.5. The topological polar surface area (TPSA) is 78.9 Å². The molecule has 0 aromatic carbocycles. The van der Waals surface area contributed by atoms with Gasteiger partial charge in [-0.15, -0.1) is 0 Å². The fraction of sp³-hybridized carbons (Fsp3) is 0.539. The number of allylic oxidation sites excluding steroid dienone is 32. The molecular weight excluding hydrogens is 1010 g/mol. The van der Waals surface area contributed by atoms with Gasteiger partial charge in [0, 0.05) is 19.3 Å². The SMILES string of the molecule is CC/C=C\C/C=C\C/C=C\C/C=C\C/C=C\C/C=C\C/C=C\C/C=C\C/C=C\CCCC(=O)OCC(COC(=O)CCCCCCC/C=C\CCCCCCC)OC(=O)CCCC/C=C\C/C=C\C/C=C\C/C=C\C/C=C\C/C=C\CC. The zero-order chi connectivity index (χ0) is 59.2. The van der Waals surface area contributed by atoms with Crippen molar-refractivity contribution in [2.45, 2.75) is 252 Å². The van der Waals surface area contributed by atoms with Crippen LogP contribution in [0, 0.1) is 0 Å². The summed E-state index contributed by atoms with van der Waals surface area (Å²) in [5, 5.41) is 0. The average molecular weight is 1130 g/mol. The monoisotopic (exact) mass is 1120 g/mol. The van der Waals surface area contributed by atoms with Crippen molar-refractivity contribution in [3.63, 3.8) is 0 Å². The molecule has 0 N–H and O–H groups in total. The van der Waals surface area contributed by atoms with Gasteiger partial charge < -0.3 is 14.2 Å². The van der Waals surface area contributed by atoms with Crippen molar-refractivity contribution in [3.05, 3.63) is 194 Å². The van der Waals surface area contributed by atoms with Crippen molar-refractivity contribution < 1.29 is 28.6 Å². The van der Waals surface area contributed by atoms with E-state index in [1.165, 1.54) is 44.9 Å². The van der Waals surface area contributed by atoms with Crippen LogP contribution in [0.2, 0.25) is 0 Å². The molecule has 0 aliphatic heterocycles. The Bertz CT molecular complexity index is 1970. The third kappa shape index (κ3) is 65.1. The van der Waals surface area contributed by atoms with Crippen LogP contribution < -0.4 is 0 Å². The molecule has 0 rings (SSSR count). The molecule has 1 unspecified atom stereocenters. The predicted molar refractivity (Wildman–Crippen MR) is 357 cm³/mol. The lowest BCUT2D eigenvalue weighted by atomic mass is 10.1. The fourth-order valence-electron chi connectivity index (χ4n) is 8.03. The number of carbonyl (C=O) groups is 3. The second-order valence-electron chi connectivity index (χ2n) is 20.5. The van der Waals surface area contributed by atoms with E-state index >= 15 is 0 Å². The van der Waals surface area contributed by atoms with Gasteiger partial charge in [-0.2, -0.15) is 0 Å². The summed E-state index contributed by atoms with van der Waals surface area (Å²) >= 11 is 0. The van der Waals surface area contributed by atoms with Crippen molar-refractivity contribution >= 4 is 17.9 Å². The molecule has 0 aromatic rings. The largest absolute Gasteiger partial charge is 0.462 e. The van der Waals surface area contributed by atoms with Crippen molar-refractivity contribution in [1.29, 1.82) is 0 Å². The molecule has 0 aliphatic carbocycles. The standard InChI is InChI=1S/C76H116O6/c1-4-7-10-13-16-19-22-25-28-30-32-34-35-36-37-38-39-40-41-43-44-46-48-51-54-57-60-63-66-69-75(78)81-72-73(71-80-74(77)68-65-62-59-56-53-50-27-24-21-18-15-12-9-6-3)82-76(79)70-67-64-61-58-55-52-49-47-45-42-33-31-29-26-23-20-17-14-11-8-5-2/h7-8,10-11,16-17,19-20,24-29,32-34,36-37,39-40,42-44,47-49,51,55,57-58,60,73H,4-6,9,12-15,18,21-23,30-31,35,38,41,45-46,50,52-54,56,59,61-72H2,1-3H3/b10-7-,11-8-,19-16-,20-17-,27-24-,28-25-,29-26-,34-32-,37-36-,40-39-,42-33-,44-43-,49-47-,51-48-,58-55-,60-57-. The van der Waals surface area contributed by atoms with Gasteiger partial charge in [0.05, 0.1) is 0 Å². The molecule has 1 atom stereocenters. The Morgan fingerprint density at radius 1 is 0.256 bits per heavy atom. The number of hydrogen-bond acceptors (Lipinski definition) is 6. The summed E-state index contributed by atoms with van der Waals surface area (Å²) in [7, 11) is 0. The van der Waals surface area contributed by atoms with Crippen LogP contribution >= 0.6 is 0 Å². The summed E-state index contributed by atoms with van der Waals surface area (Å²) in [6.07, 6.45) is 103. The number of rotatable bonds is 56. The number of esters is 3. The van der Waals surface area contributed by atoms with Crippen LogP contribution in [0.3, 0.4) is 0 Å². The summed E-state index contributed by atoms with van der Waals surface area (Å²) in [6.45, 7) is 6.30. The van der Waals surface area contributed by atoms with Gasteiger partial charge in [0.1, 0.15) is 13.2 Å². The molecule has 0 bridgehead atoms. The van der Waals surface area contributed by atoms with E-state index < -0.39 is 6.10 Å². The van der Waals surface area contributed by atoms with E-state index in [4.69, 9.17) is 14.2 Å². The molecule has 0 radical (unpaired) electrons. The van der Waals surface area contributed by atoms with Crippen LogP contribution in [0.5, 0.6) is 0 Å². The van der Waals surface area contributed by atoms with E-state index in [1.54, 1.807) is 0 Å². The smallest absolute Gasteiger partial charge is 0.306 e. The van der Waals surface area contributed by atoms with E-state index in [0.29, 0.717) is 19.3 Å². The number of hydrogen-bond donors (Lipinski definition) is 0. The van der Waals surface area contributed by atoms with Gasteiger partial charge in [-0.05, 0) is 161 Å². The summed E-state index contributed by atoms with van der Waals surface area (Å²) in [6, 6.07) is 0. The maximum atomic E-state index is 12.9. The van der Waals surface area contributed by atoms with Gasteiger partial charge in [0.15, 0.2) is 6.10 Å². The van der Waals surface area contributed by atoms with Crippen molar-refractivity contribution in [1.82, 2.24) is 0 Å². The Balaban J connectivity index is 4.57. The van der Waals surface area contributed by atoms with Gasteiger partial charge in [-0.1, -0.05) is 260 Å². The highest BCUT2D eigenvalue weighted by Gasteiger charge is 2.19. The summed E-state index contributed by atoms with van der Waals surface area (Å²) in [5.41, 5.74) is 0. The first-order valence-corrected chi connectivity index (χ1v) is 32.4. The normalized spacial score (nSPS) is 13.5. The first-order chi connectivity index (χ1) is 40.5.